The molecule has 108 valence electrons. The van der Waals surface area contributed by atoms with Gasteiger partial charge in [-0.05, 0) is 25.6 Å². The van der Waals surface area contributed by atoms with Crippen LogP contribution >= 0.6 is 0 Å². The largest absolute Gasteiger partial charge is 0.469 e. The molecule has 0 amide bonds. The minimum Gasteiger partial charge on any atom is -0.469 e. The van der Waals surface area contributed by atoms with E-state index in [1.807, 2.05) is 6.92 Å². The fourth-order valence-corrected chi connectivity index (χ4v) is 2.12. The summed E-state index contributed by atoms with van der Waals surface area (Å²) in [4.78, 5) is 3.82. The second-order valence-corrected chi connectivity index (χ2v) is 4.44. The number of nitrogens with one attached hydrogen (secondary N) is 1. The van der Waals surface area contributed by atoms with Crippen molar-refractivity contribution < 1.29 is 17.6 Å². The molecule has 0 saturated carbocycles. The Morgan fingerprint density at radius 2 is 2.15 bits per heavy atom. The number of nitrogens with zero attached hydrogens (tertiary/aromatic N) is 1. The summed E-state index contributed by atoms with van der Waals surface area (Å²) in [6, 6.07) is 2.12. The summed E-state index contributed by atoms with van der Waals surface area (Å²) >= 11 is 0. The maximum atomic E-state index is 13.1. The Hall–Kier alpha value is -1.82. The third kappa shape index (κ3) is 3.01. The van der Waals surface area contributed by atoms with Crippen LogP contribution in [0.4, 0.5) is 13.2 Å². The lowest BCUT2D eigenvalue weighted by Gasteiger charge is -2.21. The molecule has 0 aliphatic heterocycles. The van der Waals surface area contributed by atoms with Crippen LogP contribution in [-0.2, 0) is 6.18 Å². The van der Waals surface area contributed by atoms with Crippen molar-refractivity contribution in [1.29, 1.82) is 0 Å². The lowest BCUT2D eigenvalue weighted by molar-refractivity contribution is -0.138. The van der Waals surface area contributed by atoms with Crippen LogP contribution in [0.25, 0.3) is 0 Å². The van der Waals surface area contributed by atoms with Gasteiger partial charge in [0, 0.05) is 23.5 Å². The Balaban J connectivity index is 2.50. The molecule has 1 unspecified atom stereocenters. The van der Waals surface area contributed by atoms with Gasteiger partial charge in [-0.25, -0.2) is 0 Å². The summed E-state index contributed by atoms with van der Waals surface area (Å²) in [5, 5.41) is 3.04. The van der Waals surface area contributed by atoms with Crippen LogP contribution in [0.3, 0.4) is 0 Å². The third-order valence-corrected chi connectivity index (χ3v) is 2.96. The average molecular weight is 284 g/mol. The highest BCUT2D eigenvalue weighted by Crippen LogP contribution is 2.36. The molecule has 0 saturated heterocycles. The quantitative estimate of drug-likeness (QED) is 0.930. The van der Waals surface area contributed by atoms with Crippen molar-refractivity contribution in [3.63, 3.8) is 0 Å². The van der Waals surface area contributed by atoms with Gasteiger partial charge in [0.15, 0.2) is 0 Å². The maximum absolute atomic E-state index is 13.1. The molecule has 2 aromatic heterocycles. The molecule has 0 fully saturated rings. The fourth-order valence-electron chi connectivity index (χ4n) is 2.12. The Kier molecular flexibility index (Phi) is 4.13. The minimum atomic E-state index is -4.41. The SMILES string of the molecule is CCNC(c1coc(C)c1)c1cnccc1C(F)(F)F. The number of aromatic nitrogens is 1. The molecule has 0 aliphatic carbocycles. The topological polar surface area (TPSA) is 38.1 Å². The molecule has 2 aromatic rings. The van der Waals surface area contributed by atoms with E-state index in [1.165, 1.54) is 12.5 Å². The third-order valence-electron chi connectivity index (χ3n) is 2.96. The number of hydrogen-bond acceptors (Lipinski definition) is 3. The summed E-state index contributed by atoms with van der Waals surface area (Å²) in [6.07, 6.45) is -0.547. The molecule has 20 heavy (non-hydrogen) atoms. The van der Waals surface area contributed by atoms with Crippen LogP contribution in [0.2, 0.25) is 0 Å². The Morgan fingerprint density at radius 1 is 1.40 bits per heavy atom. The van der Waals surface area contributed by atoms with Crippen molar-refractivity contribution in [2.75, 3.05) is 6.54 Å². The van der Waals surface area contributed by atoms with Crippen molar-refractivity contribution in [3.8, 4) is 0 Å². The molecule has 0 aromatic carbocycles. The van der Waals surface area contributed by atoms with Crippen LogP contribution in [-0.4, -0.2) is 11.5 Å². The van der Waals surface area contributed by atoms with E-state index in [0.717, 1.165) is 12.3 Å². The van der Waals surface area contributed by atoms with Crippen LogP contribution in [0.1, 0.15) is 35.4 Å². The molecule has 1 atom stereocenters. The normalized spacial score (nSPS) is 13.4. The molecule has 0 radical (unpaired) electrons. The lowest BCUT2D eigenvalue weighted by atomic mass is 9.97. The van der Waals surface area contributed by atoms with Crippen molar-refractivity contribution >= 4 is 0 Å². The summed E-state index contributed by atoms with van der Waals surface area (Å²) in [5.74, 6) is 0.653. The molecule has 6 heteroatoms. The van der Waals surface area contributed by atoms with Gasteiger partial charge in [-0.15, -0.1) is 0 Å². The van der Waals surface area contributed by atoms with Gasteiger partial charge in [0.05, 0.1) is 17.9 Å². The van der Waals surface area contributed by atoms with E-state index in [4.69, 9.17) is 4.42 Å². The van der Waals surface area contributed by atoms with Gasteiger partial charge in [-0.1, -0.05) is 6.92 Å². The number of hydrogen-bond donors (Lipinski definition) is 1. The molecule has 0 spiro atoms. The molecular formula is C14H15F3N2O. The number of rotatable bonds is 4. The number of halogens is 3. The molecule has 2 rings (SSSR count). The number of aryl methyl sites for hydroxylation is 1. The standard InChI is InChI=1S/C14H15F3N2O/c1-3-19-13(10-6-9(2)20-8-10)11-7-18-5-4-12(11)14(15,16)17/h4-8,13,19H,3H2,1-2H3. The molecule has 1 N–H and O–H groups in total. The average Bonchev–Trinajstić information content (AvgIpc) is 2.81. The van der Waals surface area contributed by atoms with E-state index in [0.29, 0.717) is 17.9 Å². The predicted molar refractivity (Wildman–Crippen MR) is 68.2 cm³/mol. The second-order valence-electron chi connectivity index (χ2n) is 4.44. The van der Waals surface area contributed by atoms with Crippen molar-refractivity contribution in [2.24, 2.45) is 0 Å². The summed E-state index contributed by atoms with van der Waals surface area (Å²) in [6.45, 7) is 4.12. The predicted octanol–water partition coefficient (Wildman–Crippen LogP) is 3.70. The smallest absolute Gasteiger partial charge is 0.416 e. The summed E-state index contributed by atoms with van der Waals surface area (Å²) in [7, 11) is 0. The summed E-state index contributed by atoms with van der Waals surface area (Å²) in [5.41, 5.74) is 0.0720. The van der Waals surface area contributed by atoms with Crippen LogP contribution in [0, 0.1) is 6.92 Å². The van der Waals surface area contributed by atoms with E-state index < -0.39 is 17.8 Å². The molecule has 0 aliphatic rings. The highest BCUT2D eigenvalue weighted by atomic mass is 19.4. The molecule has 2 heterocycles. The minimum absolute atomic E-state index is 0.0997. The van der Waals surface area contributed by atoms with Crippen molar-refractivity contribution in [2.45, 2.75) is 26.1 Å². The van der Waals surface area contributed by atoms with E-state index in [2.05, 4.69) is 10.3 Å². The summed E-state index contributed by atoms with van der Waals surface area (Å²) < 4.78 is 44.5. The zero-order valence-corrected chi connectivity index (χ0v) is 11.2. The number of furan rings is 1. The molecular weight excluding hydrogens is 269 g/mol. The van der Waals surface area contributed by atoms with Crippen molar-refractivity contribution in [1.82, 2.24) is 10.3 Å². The van der Waals surface area contributed by atoms with Gasteiger partial charge in [-0.3, -0.25) is 4.98 Å². The number of pyridine rings is 1. The Bertz CT molecular complexity index is 578. The first-order valence-corrected chi connectivity index (χ1v) is 6.23. The van der Waals surface area contributed by atoms with Crippen LogP contribution in [0.15, 0.2) is 35.2 Å². The molecule has 3 nitrogen and oxygen atoms in total. The van der Waals surface area contributed by atoms with Gasteiger partial charge in [0.25, 0.3) is 0 Å². The van der Waals surface area contributed by atoms with E-state index in [-0.39, 0.29) is 5.56 Å². The van der Waals surface area contributed by atoms with E-state index in [9.17, 15) is 13.2 Å². The first-order chi connectivity index (χ1) is 9.43. The highest BCUT2D eigenvalue weighted by Gasteiger charge is 2.35. The first-order valence-electron chi connectivity index (χ1n) is 6.23. The fraction of sp³-hybridized carbons (Fsp3) is 0.357. The highest BCUT2D eigenvalue weighted by molar-refractivity contribution is 5.36. The van der Waals surface area contributed by atoms with Crippen molar-refractivity contribution in [3.05, 3.63) is 53.2 Å². The first kappa shape index (κ1) is 14.6. The monoisotopic (exact) mass is 284 g/mol. The number of alkyl halides is 3. The van der Waals surface area contributed by atoms with Gasteiger partial charge in [0.2, 0.25) is 0 Å². The Morgan fingerprint density at radius 3 is 2.70 bits per heavy atom. The van der Waals surface area contributed by atoms with E-state index in [1.54, 1.807) is 13.0 Å². The molecule has 0 bridgehead atoms. The van der Waals surface area contributed by atoms with Gasteiger partial charge in [0.1, 0.15) is 5.76 Å². The van der Waals surface area contributed by atoms with Gasteiger partial charge in [-0.2, -0.15) is 13.2 Å². The van der Waals surface area contributed by atoms with Gasteiger partial charge < -0.3 is 9.73 Å². The maximum Gasteiger partial charge on any atom is 0.416 e. The zero-order chi connectivity index (χ0) is 14.8. The van der Waals surface area contributed by atoms with Gasteiger partial charge >= 0.3 is 6.18 Å². The van der Waals surface area contributed by atoms with Crippen LogP contribution < -0.4 is 5.32 Å². The zero-order valence-electron chi connectivity index (χ0n) is 11.2. The Labute approximate surface area is 114 Å². The van der Waals surface area contributed by atoms with E-state index >= 15 is 0 Å². The lowest BCUT2D eigenvalue weighted by Crippen LogP contribution is -2.25. The van der Waals surface area contributed by atoms with Crippen LogP contribution in [0.5, 0.6) is 0 Å². The second kappa shape index (κ2) is 5.66.